The second-order valence-corrected chi connectivity index (χ2v) is 4.16. The topological polar surface area (TPSA) is 88.1 Å². The summed E-state index contributed by atoms with van der Waals surface area (Å²) in [6, 6.07) is -0.777. The Kier molecular flexibility index (Phi) is 5.87. The largest absolute Gasteiger partial charge is 0.481 e. The molecule has 1 aliphatic heterocycles. The Morgan fingerprint density at radius 2 is 2.22 bits per heavy atom. The number of amides is 2. The second kappa shape index (κ2) is 7.17. The van der Waals surface area contributed by atoms with E-state index in [4.69, 9.17) is 14.6 Å². The predicted molar refractivity (Wildman–Crippen MR) is 63.4 cm³/mol. The molecule has 0 spiro atoms. The van der Waals surface area contributed by atoms with Gasteiger partial charge in [0.1, 0.15) is 5.92 Å². The summed E-state index contributed by atoms with van der Waals surface area (Å²) >= 11 is 0. The lowest BCUT2D eigenvalue weighted by Crippen LogP contribution is -2.48. The molecule has 2 amide bonds. The number of nitrogens with one attached hydrogen (secondary N) is 1. The molecule has 2 atom stereocenters. The van der Waals surface area contributed by atoms with Gasteiger partial charge < -0.3 is 24.8 Å². The third kappa shape index (κ3) is 4.15. The molecular formula is C11H20N2O5. The monoisotopic (exact) mass is 260 g/mol. The van der Waals surface area contributed by atoms with Crippen LogP contribution in [-0.4, -0.2) is 68.1 Å². The van der Waals surface area contributed by atoms with Crippen LogP contribution in [0, 0.1) is 5.92 Å². The van der Waals surface area contributed by atoms with Gasteiger partial charge in [0.25, 0.3) is 0 Å². The zero-order valence-corrected chi connectivity index (χ0v) is 10.7. The van der Waals surface area contributed by atoms with E-state index in [9.17, 15) is 9.59 Å². The van der Waals surface area contributed by atoms with Gasteiger partial charge in [-0.05, 0) is 6.92 Å². The Morgan fingerprint density at radius 3 is 2.83 bits per heavy atom. The molecular weight excluding hydrogens is 240 g/mol. The van der Waals surface area contributed by atoms with Crippen LogP contribution >= 0.6 is 0 Å². The molecule has 0 aromatic heterocycles. The lowest BCUT2D eigenvalue weighted by molar-refractivity contribution is -0.142. The van der Waals surface area contributed by atoms with E-state index >= 15 is 0 Å². The summed E-state index contributed by atoms with van der Waals surface area (Å²) < 4.78 is 10.2. The van der Waals surface area contributed by atoms with Crippen molar-refractivity contribution in [1.82, 2.24) is 10.2 Å². The van der Waals surface area contributed by atoms with Crippen molar-refractivity contribution in [2.24, 2.45) is 5.92 Å². The van der Waals surface area contributed by atoms with Crippen molar-refractivity contribution in [1.29, 1.82) is 0 Å². The van der Waals surface area contributed by atoms with Crippen LogP contribution in [0.5, 0.6) is 0 Å². The summed E-state index contributed by atoms with van der Waals surface area (Å²) in [4.78, 5) is 24.1. The smallest absolute Gasteiger partial charge is 0.317 e. The van der Waals surface area contributed by atoms with Gasteiger partial charge in [-0.25, -0.2) is 4.79 Å². The lowest BCUT2D eigenvalue weighted by atomic mass is 10.0. The summed E-state index contributed by atoms with van der Waals surface area (Å²) in [6.45, 7) is 3.79. The van der Waals surface area contributed by atoms with Crippen molar-refractivity contribution in [2.75, 3.05) is 40.0 Å². The van der Waals surface area contributed by atoms with Crippen molar-refractivity contribution in [3.63, 3.8) is 0 Å². The molecule has 0 radical (unpaired) electrons. The molecule has 0 aromatic carbocycles. The molecule has 2 N–H and O–H groups in total. The average Bonchev–Trinajstić information content (AvgIpc) is 2.77. The van der Waals surface area contributed by atoms with Crippen molar-refractivity contribution < 1.29 is 24.2 Å². The Balaban J connectivity index is 2.36. The molecule has 104 valence electrons. The second-order valence-electron chi connectivity index (χ2n) is 4.16. The highest BCUT2D eigenvalue weighted by Gasteiger charge is 2.35. The number of carbonyl (C=O) groups excluding carboxylic acids is 1. The molecule has 0 aromatic rings. The first kappa shape index (κ1) is 14.7. The molecule has 7 nitrogen and oxygen atoms in total. The molecule has 1 heterocycles. The summed E-state index contributed by atoms with van der Waals surface area (Å²) in [6.07, 6.45) is 0. The molecule has 0 bridgehead atoms. The maximum absolute atomic E-state index is 11.8. The summed E-state index contributed by atoms with van der Waals surface area (Å²) in [5.74, 6) is -1.62. The average molecular weight is 260 g/mol. The molecule has 1 saturated heterocycles. The number of ether oxygens (including phenoxy) is 2. The van der Waals surface area contributed by atoms with E-state index in [0.29, 0.717) is 19.8 Å². The van der Waals surface area contributed by atoms with Crippen LogP contribution in [-0.2, 0) is 14.3 Å². The minimum Gasteiger partial charge on any atom is -0.481 e. The van der Waals surface area contributed by atoms with Crippen LogP contribution in [0.4, 0.5) is 4.79 Å². The zero-order chi connectivity index (χ0) is 13.5. The van der Waals surface area contributed by atoms with Gasteiger partial charge in [0, 0.05) is 20.2 Å². The van der Waals surface area contributed by atoms with E-state index in [1.54, 1.807) is 7.05 Å². The Hall–Kier alpha value is -1.34. The number of carboxylic acids is 1. The number of hydrogen-bond acceptors (Lipinski definition) is 4. The van der Waals surface area contributed by atoms with Crippen molar-refractivity contribution in [3.05, 3.63) is 0 Å². The van der Waals surface area contributed by atoms with E-state index in [-0.39, 0.29) is 19.2 Å². The number of rotatable bonds is 6. The number of hydrogen-bond donors (Lipinski definition) is 2. The van der Waals surface area contributed by atoms with Crippen molar-refractivity contribution in [3.8, 4) is 0 Å². The fraction of sp³-hybridized carbons (Fsp3) is 0.818. The quantitative estimate of drug-likeness (QED) is 0.644. The number of carboxylic acid groups (broad SMARTS) is 1. The van der Waals surface area contributed by atoms with E-state index in [1.807, 2.05) is 6.92 Å². The molecule has 1 rings (SSSR count). The van der Waals surface area contributed by atoms with E-state index in [2.05, 4.69) is 5.32 Å². The number of urea groups is 1. The van der Waals surface area contributed by atoms with Crippen LogP contribution in [0.1, 0.15) is 6.92 Å². The SMILES string of the molecule is CCOCCN(C)C(=O)NC1COCC1C(=O)O. The third-order valence-electron chi connectivity index (χ3n) is 2.83. The number of likely N-dealkylation sites (N-methyl/N-ethyl adjacent to an activating group) is 1. The van der Waals surface area contributed by atoms with Gasteiger partial charge in [-0.2, -0.15) is 0 Å². The summed E-state index contributed by atoms with van der Waals surface area (Å²) in [5, 5.41) is 11.6. The first-order chi connectivity index (χ1) is 8.56. The molecule has 0 aliphatic carbocycles. The van der Waals surface area contributed by atoms with Gasteiger partial charge in [-0.3, -0.25) is 4.79 Å². The van der Waals surface area contributed by atoms with Gasteiger partial charge in [-0.1, -0.05) is 0 Å². The standard InChI is InChI=1S/C11H20N2O5/c1-3-17-5-4-13(2)11(16)12-9-7-18-6-8(9)10(14)15/h8-9H,3-7H2,1-2H3,(H,12,16)(H,14,15). The van der Waals surface area contributed by atoms with Gasteiger partial charge in [0.15, 0.2) is 0 Å². The fourth-order valence-electron chi connectivity index (χ4n) is 1.66. The fourth-order valence-corrected chi connectivity index (χ4v) is 1.66. The van der Waals surface area contributed by atoms with E-state index < -0.39 is 17.9 Å². The van der Waals surface area contributed by atoms with Crippen LogP contribution in [0.25, 0.3) is 0 Å². The van der Waals surface area contributed by atoms with Crippen LogP contribution in [0.3, 0.4) is 0 Å². The lowest BCUT2D eigenvalue weighted by Gasteiger charge is -2.22. The van der Waals surface area contributed by atoms with Crippen LogP contribution in [0.2, 0.25) is 0 Å². The highest BCUT2D eigenvalue weighted by Crippen LogP contribution is 2.13. The van der Waals surface area contributed by atoms with Crippen molar-refractivity contribution in [2.45, 2.75) is 13.0 Å². The number of carbonyl (C=O) groups is 2. The van der Waals surface area contributed by atoms with Crippen LogP contribution < -0.4 is 5.32 Å². The summed E-state index contributed by atoms with van der Waals surface area (Å²) in [7, 11) is 1.64. The maximum Gasteiger partial charge on any atom is 0.317 e. The van der Waals surface area contributed by atoms with E-state index in [0.717, 1.165) is 0 Å². The maximum atomic E-state index is 11.8. The molecule has 2 unspecified atom stereocenters. The normalized spacial score (nSPS) is 22.8. The summed E-state index contributed by atoms with van der Waals surface area (Å²) in [5.41, 5.74) is 0. The molecule has 1 aliphatic rings. The van der Waals surface area contributed by atoms with Crippen molar-refractivity contribution >= 4 is 12.0 Å². The predicted octanol–water partition coefficient (Wildman–Crippen LogP) is -0.236. The first-order valence-electron chi connectivity index (χ1n) is 5.96. The van der Waals surface area contributed by atoms with Gasteiger partial charge in [0.05, 0.1) is 25.9 Å². The highest BCUT2D eigenvalue weighted by atomic mass is 16.5. The first-order valence-corrected chi connectivity index (χ1v) is 5.96. The van der Waals surface area contributed by atoms with E-state index in [1.165, 1.54) is 4.90 Å². The minimum absolute atomic E-state index is 0.142. The Bertz CT molecular complexity index is 297. The molecule has 0 saturated carbocycles. The third-order valence-corrected chi connectivity index (χ3v) is 2.83. The zero-order valence-electron chi connectivity index (χ0n) is 10.7. The molecule has 18 heavy (non-hydrogen) atoms. The highest BCUT2D eigenvalue weighted by molar-refractivity contribution is 5.77. The number of aliphatic carboxylic acids is 1. The molecule has 7 heteroatoms. The number of nitrogens with zero attached hydrogens (tertiary/aromatic N) is 1. The minimum atomic E-state index is -0.949. The van der Waals surface area contributed by atoms with Gasteiger partial charge in [0.2, 0.25) is 0 Å². The van der Waals surface area contributed by atoms with Gasteiger partial charge >= 0.3 is 12.0 Å². The Morgan fingerprint density at radius 1 is 1.50 bits per heavy atom. The van der Waals surface area contributed by atoms with Crippen LogP contribution in [0.15, 0.2) is 0 Å². The van der Waals surface area contributed by atoms with Gasteiger partial charge in [-0.15, -0.1) is 0 Å². The molecule has 1 fully saturated rings. The Labute approximate surface area is 106 Å².